The molecule has 3 rings (SSSR count). The van der Waals surface area contributed by atoms with E-state index in [-0.39, 0.29) is 23.7 Å². The molecule has 0 atom stereocenters. The highest BCUT2D eigenvalue weighted by Crippen LogP contribution is 2.27. The van der Waals surface area contributed by atoms with Crippen LogP contribution in [0, 0.1) is 37.8 Å². The number of benzene rings is 2. The first kappa shape index (κ1) is 20.1. The highest BCUT2D eigenvalue weighted by Gasteiger charge is 2.23. The minimum absolute atomic E-state index is 0.0294. The number of nitro benzene ring substituents is 1. The molecule has 0 unspecified atom stereocenters. The Bertz CT molecular complexity index is 1070. The molecule has 0 radical (unpaired) electrons. The predicted molar refractivity (Wildman–Crippen MR) is 107 cm³/mol. The molecule has 0 bridgehead atoms. The van der Waals surface area contributed by atoms with Crippen molar-refractivity contribution in [3.8, 4) is 5.75 Å². The van der Waals surface area contributed by atoms with Crippen LogP contribution in [-0.4, -0.2) is 16.0 Å². The van der Waals surface area contributed by atoms with Crippen molar-refractivity contribution in [1.29, 1.82) is 0 Å². The SMILES string of the molecule is Cc1cc(C)cc(OCc2c(C(=O)Nc3ccc(C)cc3[N+](=O)[O-])noc2C)c1. The molecule has 1 heterocycles. The van der Waals surface area contributed by atoms with Gasteiger partial charge in [-0.05, 0) is 62.6 Å². The molecule has 0 saturated carbocycles. The molecule has 0 saturated heterocycles. The molecule has 3 aromatic rings. The van der Waals surface area contributed by atoms with Crippen molar-refractivity contribution < 1.29 is 19.0 Å². The maximum Gasteiger partial charge on any atom is 0.293 e. The number of hydrogen-bond acceptors (Lipinski definition) is 6. The monoisotopic (exact) mass is 395 g/mol. The summed E-state index contributed by atoms with van der Waals surface area (Å²) in [5.74, 6) is 0.509. The lowest BCUT2D eigenvalue weighted by Gasteiger charge is -2.09. The lowest BCUT2D eigenvalue weighted by atomic mass is 10.1. The summed E-state index contributed by atoms with van der Waals surface area (Å²) in [5, 5.41) is 17.6. The smallest absolute Gasteiger partial charge is 0.293 e. The van der Waals surface area contributed by atoms with Gasteiger partial charge in [0.2, 0.25) is 0 Å². The summed E-state index contributed by atoms with van der Waals surface area (Å²) in [7, 11) is 0. The van der Waals surface area contributed by atoms with E-state index in [9.17, 15) is 14.9 Å². The van der Waals surface area contributed by atoms with Crippen LogP contribution >= 0.6 is 0 Å². The number of aromatic nitrogens is 1. The Morgan fingerprint density at radius 1 is 1.10 bits per heavy atom. The minimum atomic E-state index is -0.604. The van der Waals surface area contributed by atoms with Crippen LogP contribution in [0.25, 0.3) is 0 Å². The second-order valence-corrected chi connectivity index (χ2v) is 6.91. The van der Waals surface area contributed by atoms with Crippen LogP contribution in [-0.2, 0) is 6.61 Å². The molecule has 0 spiro atoms. The number of aryl methyl sites for hydroxylation is 4. The summed E-state index contributed by atoms with van der Waals surface area (Å²) >= 11 is 0. The summed E-state index contributed by atoms with van der Waals surface area (Å²) in [6, 6.07) is 10.4. The number of nitrogens with zero attached hydrogens (tertiary/aromatic N) is 2. The zero-order valence-corrected chi connectivity index (χ0v) is 16.6. The third kappa shape index (κ3) is 4.60. The van der Waals surface area contributed by atoms with E-state index in [2.05, 4.69) is 10.5 Å². The van der Waals surface area contributed by atoms with Gasteiger partial charge in [-0.25, -0.2) is 0 Å². The van der Waals surface area contributed by atoms with Gasteiger partial charge < -0.3 is 14.6 Å². The molecular weight excluding hydrogens is 374 g/mol. The Hall–Kier alpha value is -3.68. The molecule has 1 aromatic heterocycles. The van der Waals surface area contributed by atoms with E-state index < -0.39 is 10.8 Å². The van der Waals surface area contributed by atoms with Gasteiger partial charge in [0, 0.05) is 6.07 Å². The lowest BCUT2D eigenvalue weighted by Crippen LogP contribution is -2.16. The van der Waals surface area contributed by atoms with Crippen molar-refractivity contribution in [1.82, 2.24) is 5.16 Å². The van der Waals surface area contributed by atoms with Gasteiger partial charge >= 0.3 is 0 Å². The maximum atomic E-state index is 12.7. The predicted octanol–water partition coefficient (Wildman–Crippen LogP) is 4.65. The fourth-order valence-electron chi connectivity index (χ4n) is 2.99. The van der Waals surface area contributed by atoms with Crippen molar-refractivity contribution >= 4 is 17.3 Å². The molecule has 2 aromatic carbocycles. The summed E-state index contributed by atoms with van der Waals surface area (Å²) in [6.07, 6.45) is 0. The number of carbonyl (C=O) groups excluding carboxylic acids is 1. The van der Waals surface area contributed by atoms with Crippen LogP contribution < -0.4 is 10.1 Å². The van der Waals surface area contributed by atoms with E-state index >= 15 is 0 Å². The average molecular weight is 395 g/mol. The number of amides is 1. The minimum Gasteiger partial charge on any atom is -0.489 e. The number of anilines is 1. The Morgan fingerprint density at radius 2 is 1.79 bits per heavy atom. The van der Waals surface area contributed by atoms with Crippen molar-refractivity contribution in [3.63, 3.8) is 0 Å². The number of nitrogens with one attached hydrogen (secondary N) is 1. The zero-order chi connectivity index (χ0) is 21.1. The van der Waals surface area contributed by atoms with Crippen molar-refractivity contribution in [2.24, 2.45) is 0 Å². The van der Waals surface area contributed by atoms with E-state index in [1.54, 1.807) is 19.9 Å². The van der Waals surface area contributed by atoms with E-state index in [1.807, 2.05) is 32.0 Å². The van der Waals surface area contributed by atoms with Gasteiger partial charge in [-0.1, -0.05) is 17.3 Å². The first-order valence-electron chi connectivity index (χ1n) is 8.97. The highest BCUT2D eigenvalue weighted by atomic mass is 16.6. The molecule has 0 fully saturated rings. The molecule has 1 N–H and O–H groups in total. The van der Waals surface area contributed by atoms with Gasteiger partial charge in [-0.15, -0.1) is 0 Å². The maximum absolute atomic E-state index is 12.7. The summed E-state index contributed by atoms with van der Waals surface area (Å²) in [5.41, 5.74) is 3.25. The number of hydrogen-bond donors (Lipinski definition) is 1. The highest BCUT2D eigenvalue weighted by molar-refractivity contribution is 6.05. The van der Waals surface area contributed by atoms with Gasteiger partial charge in [-0.3, -0.25) is 14.9 Å². The van der Waals surface area contributed by atoms with Crippen LogP contribution in [0.4, 0.5) is 11.4 Å². The van der Waals surface area contributed by atoms with Gasteiger partial charge in [0.1, 0.15) is 23.8 Å². The van der Waals surface area contributed by atoms with Gasteiger partial charge in [0.05, 0.1) is 10.5 Å². The largest absolute Gasteiger partial charge is 0.489 e. The fraction of sp³-hybridized carbons (Fsp3) is 0.238. The van der Waals surface area contributed by atoms with Crippen LogP contribution in [0.2, 0.25) is 0 Å². The van der Waals surface area contributed by atoms with Crippen LogP contribution in [0.15, 0.2) is 40.9 Å². The molecule has 150 valence electrons. The quantitative estimate of drug-likeness (QED) is 0.481. The summed E-state index contributed by atoms with van der Waals surface area (Å²) < 4.78 is 11.0. The van der Waals surface area contributed by atoms with E-state index in [4.69, 9.17) is 9.26 Å². The molecule has 0 aliphatic rings. The molecule has 1 amide bonds. The zero-order valence-electron chi connectivity index (χ0n) is 16.6. The van der Waals surface area contributed by atoms with Crippen LogP contribution in [0.3, 0.4) is 0 Å². The van der Waals surface area contributed by atoms with Crippen LogP contribution in [0.1, 0.15) is 38.5 Å². The molecule has 0 aliphatic carbocycles. The molecule has 8 nitrogen and oxygen atoms in total. The second-order valence-electron chi connectivity index (χ2n) is 6.91. The number of carbonyl (C=O) groups is 1. The fourth-order valence-corrected chi connectivity index (χ4v) is 2.99. The lowest BCUT2D eigenvalue weighted by molar-refractivity contribution is -0.384. The summed E-state index contributed by atoms with van der Waals surface area (Å²) in [4.78, 5) is 23.5. The second kappa shape index (κ2) is 8.14. The third-order valence-corrected chi connectivity index (χ3v) is 4.38. The Morgan fingerprint density at radius 3 is 2.45 bits per heavy atom. The molecule has 8 heteroatoms. The normalized spacial score (nSPS) is 10.6. The third-order valence-electron chi connectivity index (χ3n) is 4.38. The van der Waals surface area contributed by atoms with Gasteiger partial charge in [0.15, 0.2) is 5.69 Å². The Kier molecular flexibility index (Phi) is 5.63. The van der Waals surface area contributed by atoms with Crippen molar-refractivity contribution in [2.45, 2.75) is 34.3 Å². The number of ether oxygens (including phenoxy) is 1. The Labute approximate surface area is 167 Å². The number of rotatable bonds is 6. The average Bonchev–Trinajstić information content (AvgIpc) is 3.01. The summed E-state index contributed by atoms with van der Waals surface area (Å²) in [6.45, 7) is 7.44. The first-order chi connectivity index (χ1) is 13.7. The molecular formula is C21H21N3O5. The van der Waals surface area contributed by atoms with Gasteiger partial charge in [-0.2, -0.15) is 0 Å². The van der Waals surface area contributed by atoms with Crippen molar-refractivity contribution in [2.75, 3.05) is 5.32 Å². The van der Waals surface area contributed by atoms with E-state index in [1.165, 1.54) is 12.1 Å². The standard InChI is InChI=1S/C21H21N3O5/c1-12-5-6-18(19(10-12)24(26)27)22-21(25)20-17(15(4)29-23-20)11-28-16-8-13(2)7-14(3)9-16/h5-10H,11H2,1-4H3,(H,22,25). The van der Waals surface area contributed by atoms with E-state index in [0.717, 1.165) is 16.7 Å². The molecule has 0 aliphatic heterocycles. The molecule has 29 heavy (non-hydrogen) atoms. The topological polar surface area (TPSA) is 108 Å². The van der Waals surface area contributed by atoms with Crippen LogP contribution in [0.5, 0.6) is 5.75 Å². The Balaban J connectivity index is 1.82. The van der Waals surface area contributed by atoms with Gasteiger partial charge in [0.25, 0.3) is 11.6 Å². The van der Waals surface area contributed by atoms with Crippen molar-refractivity contribution in [3.05, 3.63) is 80.2 Å². The van der Waals surface area contributed by atoms with E-state index in [0.29, 0.717) is 17.1 Å². The number of nitro groups is 1. The first-order valence-corrected chi connectivity index (χ1v) is 8.97.